The molecule has 8 heteroatoms. The van der Waals surface area contributed by atoms with Gasteiger partial charge in [-0.05, 0) is 6.92 Å². The van der Waals surface area contributed by atoms with E-state index in [2.05, 4.69) is 5.16 Å². The fourth-order valence-electron chi connectivity index (χ4n) is 1.42. The molecule has 92 valence electrons. The van der Waals surface area contributed by atoms with E-state index in [-0.39, 0.29) is 36.3 Å². The van der Waals surface area contributed by atoms with Crippen LogP contribution in [0.4, 0.5) is 0 Å². The summed E-state index contributed by atoms with van der Waals surface area (Å²) in [6.07, 6.45) is 0. The van der Waals surface area contributed by atoms with Gasteiger partial charge in [0.25, 0.3) is 0 Å². The Morgan fingerprint density at radius 1 is 1.44 bits per heavy atom. The highest BCUT2D eigenvalue weighted by Gasteiger charge is 2.29. The highest BCUT2D eigenvalue weighted by atomic mass is 32.2. The second kappa shape index (κ2) is 4.69. The Morgan fingerprint density at radius 2 is 1.94 bits per heavy atom. The second-order valence-electron chi connectivity index (χ2n) is 3.72. The van der Waals surface area contributed by atoms with E-state index in [0.717, 1.165) is 0 Å². The molecule has 1 saturated heterocycles. The van der Waals surface area contributed by atoms with Crippen molar-refractivity contribution in [2.24, 2.45) is 16.8 Å². The van der Waals surface area contributed by atoms with Crippen molar-refractivity contribution in [3.63, 3.8) is 0 Å². The summed E-state index contributed by atoms with van der Waals surface area (Å²) >= 11 is 0. The van der Waals surface area contributed by atoms with E-state index in [1.807, 2.05) is 0 Å². The highest BCUT2D eigenvalue weighted by molar-refractivity contribution is 7.91. The fourth-order valence-corrected chi connectivity index (χ4v) is 2.62. The Kier molecular flexibility index (Phi) is 3.74. The van der Waals surface area contributed by atoms with Crippen LogP contribution in [0, 0.1) is 5.92 Å². The van der Waals surface area contributed by atoms with Crippen LogP contribution in [0.25, 0.3) is 0 Å². The number of hydrogen-bond donors (Lipinski definition) is 2. The fraction of sp³-hybridized carbons (Fsp3) is 0.750. The maximum Gasteiger partial charge on any atom is 0.233 e. The van der Waals surface area contributed by atoms with E-state index < -0.39 is 15.8 Å². The van der Waals surface area contributed by atoms with Gasteiger partial charge in [0.05, 0.1) is 17.4 Å². The SMILES string of the molecule is CC(C(=O)N1CCS(=O)(=O)CC1)C(N)=NO. The summed E-state index contributed by atoms with van der Waals surface area (Å²) in [5, 5.41) is 11.2. The third kappa shape index (κ3) is 2.84. The zero-order chi connectivity index (χ0) is 12.3. The minimum absolute atomic E-state index is 0.0262. The standard InChI is InChI=1S/C8H15N3O4S/c1-6(7(9)10-13)8(12)11-2-4-16(14,15)5-3-11/h6,13H,2-5H2,1H3,(H2,9,10). The van der Waals surface area contributed by atoms with Crippen molar-refractivity contribution in [3.05, 3.63) is 0 Å². The minimum Gasteiger partial charge on any atom is -0.409 e. The van der Waals surface area contributed by atoms with Gasteiger partial charge in [-0.15, -0.1) is 0 Å². The first-order valence-corrected chi connectivity index (χ1v) is 6.66. The molecule has 1 fully saturated rings. The predicted octanol–water partition coefficient (Wildman–Crippen LogP) is -1.37. The first-order valence-electron chi connectivity index (χ1n) is 4.84. The van der Waals surface area contributed by atoms with Gasteiger partial charge in [0.15, 0.2) is 15.7 Å². The van der Waals surface area contributed by atoms with Gasteiger partial charge in [0.2, 0.25) is 5.91 Å². The second-order valence-corrected chi connectivity index (χ2v) is 6.03. The van der Waals surface area contributed by atoms with Crippen molar-refractivity contribution in [1.29, 1.82) is 0 Å². The highest BCUT2D eigenvalue weighted by Crippen LogP contribution is 2.09. The van der Waals surface area contributed by atoms with E-state index in [4.69, 9.17) is 10.9 Å². The van der Waals surface area contributed by atoms with Crippen molar-refractivity contribution in [1.82, 2.24) is 4.90 Å². The van der Waals surface area contributed by atoms with Crippen molar-refractivity contribution >= 4 is 21.6 Å². The molecule has 1 atom stereocenters. The van der Waals surface area contributed by atoms with Gasteiger partial charge >= 0.3 is 0 Å². The lowest BCUT2D eigenvalue weighted by atomic mass is 10.1. The first kappa shape index (κ1) is 12.8. The summed E-state index contributed by atoms with van der Waals surface area (Å²) < 4.78 is 22.3. The van der Waals surface area contributed by atoms with Crippen molar-refractivity contribution < 1.29 is 18.4 Å². The van der Waals surface area contributed by atoms with Gasteiger partial charge in [-0.3, -0.25) is 4.79 Å². The van der Waals surface area contributed by atoms with Gasteiger partial charge in [-0.1, -0.05) is 5.16 Å². The Labute approximate surface area is 93.8 Å². The Hall–Kier alpha value is -1.31. The summed E-state index contributed by atoms with van der Waals surface area (Å²) in [6.45, 7) is 1.86. The molecule has 0 aliphatic carbocycles. The molecule has 3 N–H and O–H groups in total. The molecule has 1 rings (SSSR count). The first-order chi connectivity index (χ1) is 7.37. The molecule has 1 unspecified atom stereocenters. The third-order valence-electron chi connectivity index (χ3n) is 2.59. The molecule has 16 heavy (non-hydrogen) atoms. The topological polar surface area (TPSA) is 113 Å². The van der Waals surface area contributed by atoms with Crippen LogP contribution in [0.1, 0.15) is 6.92 Å². The number of rotatable bonds is 2. The van der Waals surface area contributed by atoms with E-state index in [0.29, 0.717) is 0 Å². The molecule has 0 spiro atoms. The molecule has 0 radical (unpaired) electrons. The molecule has 0 aromatic rings. The van der Waals surface area contributed by atoms with Crippen LogP contribution in [-0.4, -0.2) is 54.9 Å². The largest absolute Gasteiger partial charge is 0.409 e. The molecule has 0 aromatic carbocycles. The molecule has 1 heterocycles. The number of sulfone groups is 1. The smallest absolute Gasteiger partial charge is 0.233 e. The average molecular weight is 249 g/mol. The molecular weight excluding hydrogens is 234 g/mol. The Balaban J connectivity index is 2.64. The number of amidine groups is 1. The van der Waals surface area contributed by atoms with Gasteiger partial charge in [0, 0.05) is 13.1 Å². The lowest BCUT2D eigenvalue weighted by molar-refractivity contribution is -0.132. The average Bonchev–Trinajstić information content (AvgIpc) is 2.26. The molecule has 1 amide bonds. The number of carbonyl (C=O) groups is 1. The summed E-state index contributed by atoms with van der Waals surface area (Å²) in [6, 6.07) is 0. The summed E-state index contributed by atoms with van der Waals surface area (Å²) in [7, 11) is -3.01. The van der Waals surface area contributed by atoms with Crippen molar-refractivity contribution in [2.75, 3.05) is 24.6 Å². The van der Waals surface area contributed by atoms with Crippen LogP contribution in [-0.2, 0) is 14.6 Å². The lowest BCUT2D eigenvalue weighted by Gasteiger charge is -2.28. The number of nitrogens with zero attached hydrogens (tertiary/aromatic N) is 2. The van der Waals surface area contributed by atoms with Crippen molar-refractivity contribution in [3.8, 4) is 0 Å². The lowest BCUT2D eigenvalue weighted by Crippen LogP contribution is -2.48. The predicted molar refractivity (Wildman–Crippen MR) is 57.8 cm³/mol. The molecular formula is C8H15N3O4S. The van der Waals surface area contributed by atoms with Crippen LogP contribution >= 0.6 is 0 Å². The van der Waals surface area contributed by atoms with E-state index in [1.54, 1.807) is 0 Å². The van der Waals surface area contributed by atoms with Crippen LogP contribution in [0.2, 0.25) is 0 Å². The Bertz CT molecular complexity index is 390. The van der Waals surface area contributed by atoms with E-state index >= 15 is 0 Å². The van der Waals surface area contributed by atoms with Gasteiger partial charge in [0.1, 0.15) is 0 Å². The van der Waals surface area contributed by atoms with Gasteiger partial charge in [-0.2, -0.15) is 0 Å². The zero-order valence-corrected chi connectivity index (χ0v) is 9.77. The van der Waals surface area contributed by atoms with Crippen LogP contribution in [0.15, 0.2) is 5.16 Å². The molecule has 1 aliphatic heterocycles. The van der Waals surface area contributed by atoms with E-state index in [1.165, 1.54) is 11.8 Å². The number of amides is 1. The summed E-state index contributed by atoms with van der Waals surface area (Å²) in [5.41, 5.74) is 5.31. The Morgan fingerprint density at radius 3 is 2.38 bits per heavy atom. The van der Waals surface area contributed by atoms with E-state index in [9.17, 15) is 13.2 Å². The van der Waals surface area contributed by atoms with Crippen LogP contribution in [0.5, 0.6) is 0 Å². The molecule has 0 aromatic heterocycles. The number of carbonyl (C=O) groups excluding carboxylic acids is 1. The normalized spacial score (nSPS) is 22.8. The molecule has 7 nitrogen and oxygen atoms in total. The van der Waals surface area contributed by atoms with Gasteiger partial charge in [-0.25, -0.2) is 8.42 Å². The monoisotopic (exact) mass is 249 g/mol. The number of oxime groups is 1. The third-order valence-corrected chi connectivity index (χ3v) is 4.19. The summed E-state index contributed by atoms with van der Waals surface area (Å²) in [4.78, 5) is 13.2. The molecule has 0 saturated carbocycles. The summed E-state index contributed by atoms with van der Waals surface area (Å²) in [5.74, 6) is -1.27. The number of hydrogen-bond acceptors (Lipinski definition) is 5. The van der Waals surface area contributed by atoms with Crippen molar-refractivity contribution in [2.45, 2.75) is 6.92 Å². The molecule has 1 aliphatic rings. The molecule has 0 bridgehead atoms. The maximum absolute atomic E-state index is 11.8. The quantitative estimate of drug-likeness (QED) is 0.271. The van der Waals surface area contributed by atoms with Gasteiger partial charge < -0.3 is 15.8 Å². The van der Waals surface area contributed by atoms with Crippen LogP contribution in [0.3, 0.4) is 0 Å². The minimum atomic E-state index is -3.01. The zero-order valence-electron chi connectivity index (χ0n) is 8.96. The number of nitrogens with two attached hydrogens (primary N) is 1. The maximum atomic E-state index is 11.8. The van der Waals surface area contributed by atoms with Crippen LogP contribution < -0.4 is 5.73 Å².